The molecule has 0 amide bonds. The molecule has 0 radical (unpaired) electrons. The van der Waals surface area contributed by atoms with Crippen LogP contribution < -0.4 is 10.6 Å². The molecule has 8 aromatic carbocycles. The maximum Gasteiger partial charge on any atom is 0.137 e. The van der Waals surface area contributed by atoms with Crippen molar-refractivity contribution in [2.75, 3.05) is 0 Å². The monoisotopic (exact) mass is 733 g/mol. The highest BCUT2D eigenvalue weighted by Crippen LogP contribution is 2.42. The van der Waals surface area contributed by atoms with Gasteiger partial charge in [0.25, 0.3) is 0 Å². The fourth-order valence-electron chi connectivity index (χ4n) is 8.92. The van der Waals surface area contributed by atoms with Gasteiger partial charge in [0, 0.05) is 55.3 Å². The van der Waals surface area contributed by atoms with Gasteiger partial charge >= 0.3 is 0 Å². The number of amidine groups is 1. The molecule has 12 rings (SSSR count). The van der Waals surface area contributed by atoms with Crippen LogP contribution in [0.1, 0.15) is 29.0 Å². The minimum atomic E-state index is -0.199. The molecule has 0 fully saturated rings. The number of benzene rings is 8. The van der Waals surface area contributed by atoms with E-state index in [-0.39, 0.29) is 12.3 Å². The van der Waals surface area contributed by atoms with Crippen LogP contribution in [0.3, 0.4) is 0 Å². The Hall–Kier alpha value is -7.41. The minimum absolute atomic E-state index is 0.161. The van der Waals surface area contributed by atoms with E-state index < -0.39 is 0 Å². The van der Waals surface area contributed by atoms with E-state index in [1.54, 1.807) is 0 Å². The highest BCUT2D eigenvalue weighted by atomic mass is 16.3. The molecule has 4 heterocycles. The third-order valence-electron chi connectivity index (χ3n) is 11.6. The lowest BCUT2D eigenvalue weighted by molar-refractivity contribution is 0.409. The molecule has 0 saturated carbocycles. The predicted octanol–water partition coefficient (Wildman–Crippen LogP) is 12.1. The average molecular weight is 734 g/mol. The van der Waals surface area contributed by atoms with Crippen molar-refractivity contribution in [3.8, 4) is 11.4 Å². The number of aromatic nitrogens is 2. The van der Waals surface area contributed by atoms with Crippen molar-refractivity contribution < 1.29 is 4.42 Å². The number of nitrogens with one attached hydrogen (secondary N) is 2. The standard InChI is InChI=1S/C51H35N5O/c1-4-14-32(15-5-1)49-52-50(33-16-6-2-7-17-33)54-51(53-49)34-24-26-36(27-25-34)56-45-30-44-39(37-20-10-12-22-43(37)55(44)35-18-8-3-9-19-35)28-40(45)41-29-42-38-21-11-13-23-47(38)57-48(42)31-46(41)56/h1-31,49,51,53H,(H,52,54). The van der Waals surface area contributed by atoms with Gasteiger partial charge in [-0.1, -0.05) is 127 Å². The Kier molecular flexibility index (Phi) is 7.03. The summed E-state index contributed by atoms with van der Waals surface area (Å²) < 4.78 is 11.3. The highest BCUT2D eigenvalue weighted by molar-refractivity contribution is 6.22. The molecule has 6 heteroatoms. The Balaban J connectivity index is 1.06. The molecule has 2 atom stereocenters. The van der Waals surface area contributed by atoms with Crippen molar-refractivity contribution in [1.82, 2.24) is 19.8 Å². The van der Waals surface area contributed by atoms with Gasteiger partial charge in [-0.3, -0.25) is 5.32 Å². The predicted molar refractivity (Wildman–Crippen MR) is 234 cm³/mol. The highest BCUT2D eigenvalue weighted by Gasteiger charge is 2.26. The first-order valence-electron chi connectivity index (χ1n) is 19.4. The van der Waals surface area contributed by atoms with Gasteiger partial charge < -0.3 is 18.9 Å². The number of hydrogen-bond acceptors (Lipinski definition) is 4. The van der Waals surface area contributed by atoms with Gasteiger partial charge in [0.15, 0.2) is 0 Å². The average Bonchev–Trinajstić information content (AvgIpc) is 3.92. The van der Waals surface area contributed by atoms with Gasteiger partial charge in [-0.2, -0.15) is 0 Å². The number of nitrogens with zero attached hydrogens (tertiary/aromatic N) is 3. The summed E-state index contributed by atoms with van der Waals surface area (Å²) in [7, 11) is 0. The van der Waals surface area contributed by atoms with Crippen molar-refractivity contribution in [1.29, 1.82) is 0 Å². The first-order valence-corrected chi connectivity index (χ1v) is 19.4. The summed E-state index contributed by atoms with van der Waals surface area (Å²) in [5.41, 5.74) is 11.9. The van der Waals surface area contributed by atoms with E-state index in [0.29, 0.717) is 0 Å². The van der Waals surface area contributed by atoms with Crippen LogP contribution in [0.5, 0.6) is 0 Å². The van der Waals surface area contributed by atoms with E-state index in [9.17, 15) is 0 Å². The molecule has 0 aliphatic carbocycles. The molecule has 6 nitrogen and oxygen atoms in total. The lowest BCUT2D eigenvalue weighted by Crippen LogP contribution is -2.44. The first kappa shape index (κ1) is 31.9. The van der Waals surface area contributed by atoms with E-state index >= 15 is 0 Å². The quantitative estimate of drug-likeness (QED) is 0.185. The third kappa shape index (κ3) is 5.04. The van der Waals surface area contributed by atoms with Crippen LogP contribution >= 0.6 is 0 Å². The van der Waals surface area contributed by atoms with E-state index in [1.807, 2.05) is 18.2 Å². The smallest absolute Gasteiger partial charge is 0.137 e. The van der Waals surface area contributed by atoms with Crippen molar-refractivity contribution in [3.05, 3.63) is 205 Å². The summed E-state index contributed by atoms with van der Waals surface area (Å²) in [6.45, 7) is 0. The fraction of sp³-hybridized carbons (Fsp3) is 0.0392. The number of hydrogen-bond donors (Lipinski definition) is 2. The van der Waals surface area contributed by atoms with Crippen LogP contribution in [0.25, 0.3) is 76.9 Å². The van der Waals surface area contributed by atoms with Crippen LogP contribution in [-0.2, 0) is 0 Å². The Morgan fingerprint density at radius 3 is 1.77 bits per heavy atom. The Morgan fingerprint density at radius 2 is 1.00 bits per heavy atom. The maximum absolute atomic E-state index is 6.49. The lowest BCUT2D eigenvalue weighted by Gasteiger charge is -2.32. The zero-order valence-corrected chi connectivity index (χ0v) is 30.8. The molecule has 1 aliphatic heterocycles. The number of para-hydroxylation sites is 3. The molecule has 0 bridgehead atoms. The van der Waals surface area contributed by atoms with Crippen molar-refractivity contribution in [3.63, 3.8) is 0 Å². The van der Waals surface area contributed by atoms with Gasteiger partial charge in [-0.15, -0.1) is 0 Å². The van der Waals surface area contributed by atoms with E-state index in [4.69, 9.17) is 9.41 Å². The van der Waals surface area contributed by atoms with Crippen LogP contribution in [0.4, 0.5) is 0 Å². The largest absolute Gasteiger partial charge is 0.456 e. The summed E-state index contributed by atoms with van der Waals surface area (Å²) in [6, 6.07) is 66.8. The number of furan rings is 1. The molecule has 57 heavy (non-hydrogen) atoms. The second kappa shape index (κ2) is 12.6. The lowest BCUT2D eigenvalue weighted by atomic mass is 10.1. The number of aliphatic imine (C=N–C) groups is 1. The Bertz CT molecular complexity index is 3340. The first-order chi connectivity index (χ1) is 28.2. The molecule has 0 spiro atoms. The molecule has 11 aromatic rings. The van der Waals surface area contributed by atoms with E-state index in [1.165, 1.54) is 32.6 Å². The van der Waals surface area contributed by atoms with Gasteiger partial charge in [-0.25, -0.2) is 4.99 Å². The fourth-order valence-corrected chi connectivity index (χ4v) is 8.92. The molecule has 0 saturated heterocycles. The van der Waals surface area contributed by atoms with Crippen LogP contribution in [0.2, 0.25) is 0 Å². The normalized spacial score (nSPS) is 15.9. The van der Waals surface area contributed by atoms with Gasteiger partial charge in [-0.05, 0) is 65.7 Å². The Morgan fingerprint density at radius 1 is 0.421 bits per heavy atom. The molecule has 2 unspecified atom stereocenters. The molecule has 3 aromatic heterocycles. The number of fused-ring (bicyclic) bond motifs is 9. The van der Waals surface area contributed by atoms with Crippen LogP contribution in [0.15, 0.2) is 197 Å². The topological polar surface area (TPSA) is 59.4 Å². The molecule has 270 valence electrons. The summed E-state index contributed by atoms with van der Waals surface area (Å²) >= 11 is 0. The third-order valence-corrected chi connectivity index (χ3v) is 11.6. The zero-order chi connectivity index (χ0) is 37.5. The zero-order valence-electron chi connectivity index (χ0n) is 30.8. The summed E-state index contributed by atoms with van der Waals surface area (Å²) in [4.78, 5) is 5.11. The van der Waals surface area contributed by atoms with Gasteiger partial charge in [0.2, 0.25) is 0 Å². The second-order valence-corrected chi connectivity index (χ2v) is 14.9. The molecular formula is C51H35N5O. The summed E-state index contributed by atoms with van der Waals surface area (Å²) in [5.74, 6) is 0.868. The van der Waals surface area contributed by atoms with E-state index in [0.717, 1.165) is 66.9 Å². The van der Waals surface area contributed by atoms with Crippen molar-refractivity contribution in [2.24, 2.45) is 4.99 Å². The van der Waals surface area contributed by atoms with Crippen molar-refractivity contribution >= 4 is 71.4 Å². The van der Waals surface area contributed by atoms with Gasteiger partial charge in [0.1, 0.15) is 29.3 Å². The molecule has 2 N–H and O–H groups in total. The Labute approximate surface area is 327 Å². The molecule has 1 aliphatic rings. The van der Waals surface area contributed by atoms with Crippen LogP contribution in [-0.4, -0.2) is 15.0 Å². The molecular weight excluding hydrogens is 699 g/mol. The maximum atomic E-state index is 6.49. The second-order valence-electron chi connectivity index (χ2n) is 14.9. The number of rotatable bonds is 5. The van der Waals surface area contributed by atoms with Crippen LogP contribution in [0, 0.1) is 0 Å². The minimum Gasteiger partial charge on any atom is -0.456 e. The van der Waals surface area contributed by atoms with E-state index in [2.05, 4.69) is 190 Å². The SMILES string of the molecule is c1ccc(C2=NC(c3ccccc3)NC(c3ccc(-n4c5cc6oc7ccccc7c6cc5c5cc6c7ccccc7n(-c7ccccc7)c6cc54)cc3)N2)cc1. The van der Waals surface area contributed by atoms with Gasteiger partial charge in [0.05, 0.1) is 22.1 Å². The summed E-state index contributed by atoms with van der Waals surface area (Å²) in [5, 5.41) is 14.6. The van der Waals surface area contributed by atoms with Crippen molar-refractivity contribution in [2.45, 2.75) is 12.3 Å². The summed E-state index contributed by atoms with van der Waals surface area (Å²) in [6.07, 6.45) is -0.360.